The van der Waals surface area contributed by atoms with Gasteiger partial charge in [-0.05, 0) is 40.1 Å². The minimum absolute atomic E-state index is 0.0174. The summed E-state index contributed by atoms with van der Waals surface area (Å²) >= 11 is 0. The Kier molecular flexibility index (Phi) is 2.89. The van der Waals surface area contributed by atoms with Crippen LogP contribution in [0.1, 0.15) is 18.1 Å². The first-order valence-corrected chi connectivity index (χ1v) is 5.67. The van der Waals surface area contributed by atoms with Crippen molar-refractivity contribution in [2.75, 3.05) is 14.1 Å². The Balaban J connectivity index is 2.40. The number of rotatable bonds is 2. The zero-order valence-electron chi connectivity index (χ0n) is 10.9. The average molecular weight is 254 g/mol. The van der Waals surface area contributed by atoms with Gasteiger partial charge in [0.1, 0.15) is 0 Å². The van der Waals surface area contributed by atoms with E-state index in [2.05, 4.69) is 4.99 Å². The summed E-state index contributed by atoms with van der Waals surface area (Å²) in [5.74, 6) is -0.0174. The quantitative estimate of drug-likeness (QED) is 0.810. The molecule has 18 heavy (non-hydrogen) atoms. The van der Waals surface area contributed by atoms with E-state index in [1.807, 2.05) is 19.1 Å². The Bertz CT molecular complexity index is 482. The lowest BCUT2D eigenvalue weighted by Crippen LogP contribution is -2.52. The van der Waals surface area contributed by atoms with Gasteiger partial charge in [-0.15, -0.1) is 0 Å². The van der Waals surface area contributed by atoms with Crippen LogP contribution in [0.3, 0.4) is 0 Å². The molecule has 0 bridgehead atoms. The van der Waals surface area contributed by atoms with Crippen LogP contribution in [0.25, 0.3) is 0 Å². The lowest BCUT2D eigenvalue weighted by molar-refractivity contribution is -0.241. The van der Waals surface area contributed by atoms with E-state index >= 15 is 0 Å². The van der Waals surface area contributed by atoms with Gasteiger partial charge in [-0.1, -0.05) is 17.7 Å². The van der Waals surface area contributed by atoms with Crippen LogP contribution in [0.5, 0.6) is 0 Å². The smallest absolute Gasteiger partial charge is 0.411 e. The molecule has 0 saturated carbocycles. The van der Waals surface area contributed by atoms with Gasteiger partial charge in [-0.2, -0.15) is 8.78 Å². The predicted molar refractivity (Wildman–Crippen MR) is 65.8 cm³/mol. The van der Waals surface area contributed by atoms with E-state index in [1.165, 1.54) is 11.8 Å². The molecular weight excluding hydrogens is 238 g/mol. The van der Waals surface area contributed by atoms with Gasteiger partial charge in [-0.3, -0.25) is 4.90 Å². The van der Waals surface area contributed by atoms with E-state index in [-0.39, 0.29) is 5.90 Å². The maximum atomic E-state index is 13.9. The normalized spacial score (nSPS) is 26.1. The standard InChI is InChI=1S/C13H16F2N2O/c1-9-5-7-10(8-6-9)11-16-12(2,17(3)4)13(14,15)18-11/h5-8H,1-4H3. The third-order valence-electron chi connectivity index (χ3n) is 3.26. The largest absolute Gasteiger partial charge is 0.438 e. The molecule has 0 aromatic heterocycles. The summed E-state index contributed by atoms with van der Waals surface area (Å²) in [5.41, 5.74) is -0.0573. The maximum Gasteiger partial charge on any atom is 0.438 e. The molecule has 2 rings (SSSR count). The molecule has 1 aromatic carbocycles. The Hall–Kier alpha value is -1.49. The molecule has 1 heterocycles. The molecule has 1 atom stereocenters. The molecule has 1 aliphatic rings. The van der Waals surface area contributed by atoms with Crippen LogP contribution in [0.2, 0.25) is 0 Å². The number of aliphatic imine (C=N–C) groups is 1. The van der Waals surface area contributed by atoms with E-state index in [0.717, 1.165) is 5.56 Å². The fourth-order valence-electron chi connectivity index (χ4n) is 1.68. The van der Waals surface area contributed by atoms with Crippen molar-refractivity contribution >= 4 is 5.90 Å². The molecule has 1 unspecified atom stereocenters. The van der Waals surface area contributed by atoms with Crippen LogP contribution in [0.15, 0.2) is 29.3 Å². The van der Waals surface area contributed by atoms with Gasteiger partial charge in [0, 0.05) is 5.56 Å². The summed E-state index contributed by atoms with van der Waals surface area (Å²) in [4.78, 5) is 5.40. The Labute approximate surface area is 105 Å². The van der Waals surface area contributed by atoms with E-state index in [0.29, 0.717) is 5.56 Å². The van der Waals surface area contributed by atoms with Crippen LogP contribution < -0.4 is 0 Å². The van der Waals surface area contributed by atoms with Gasteiger partial charge in [0.25, 0.3) is 0 Å². The highest BCUT2D eigenvalue weighted by atomic mass is 19.3. The number of likely N-dealkylation sites (N-methyl/N-ethyl adjacent to an activating group) is 1. The second-order valence-corrected chi connectivity index (χ2v) is 4.82. The van der Waals surface area contributed by atoms with Gasteiger partial charge >= 0.3 is 6.11 Å². The van der Waals surface area contributed by atoms with Gasteiger partial charge in [-0.25, -0.2) is 4.99 Å². The summed E-state index contributed by atoms with van der Waals surface area (Å²) in [6, 6.07) is 7.13. The number of ether oxygens (including phenoxy) is 1. The lowest BCUT2D eigenvalue weighted by Gasteiger charge is -2.32. The highest BCUT2D eigenvalue weighted by molar-refractivity contribution is 5.95. The zero-order chi connectivity index (χ0) is 13.6. The molecule has 0 amide bonds. The molecule has 5 heteroatoms. The summed E-state index contributed by atoms with van der Waals surface area (Å²) in [6.45, 7) is 3.29. The number of aryl methyl sites for hydroxylation is 1. The molecule has 98 valence electrons. The van der Waals surface area contributed by atoms with Crippen molar-refractivity contribution in [3.05, 3.63) is 35.4 Å². The second-order valence-electron chi connectivity index (χ2n) is 4.82. The molecular formula is C13H16F2N2O. The molecule has 1 aromatic rings. The van der Waals surface area contributed by atoms with Crippen LogP contribution in [0.4, 0.5) is 8.78 Å². The molecule has 0 aliphatic carbocycles. The van der Waals surface area contributed by atoms with Crippen LogP contribution >= 0.6 is 0 Å². The molecule has 0 saturated heterocycles. The maximum absolute atomic E-state index is 13.9. The SMILES string of the molecule is Cc1ccc(C2=NC(C)(N(C)C)C(F)(F)O2)cc1. The van der Waals surface area contributed by atoms with Crippen molar-refractivity contribution in [1.82, 2.24) is 4.90 Å². The molecule has 0 radical (unpaired) electrons. The van der Waals surface area contributed by atoms with Crippen molar-refractivity contribution in [3.8, 4) is 0 Å². The third kappa shape index (κ3) is 1.88. The van der Waals surface area contributed by atoms with Crippen LogP contribution in [-0.4, -0.2) is 36.7 Å². The lowest BCUT2D eigenvalue weighted by atomic mass is 10.1. The molecule has 3 nitrogen and oxygen atoms in total. The van der Waals surface area contributed by atoms with Crippen LogP contribution in [0, 0.1) is 6.92 Å². The Morgan fingerprint density at radius 2 is 1.72 bits per heavy atom. The number of halogens is 2. The monoisotopic (exact) mass is 254 g/mol. The summed E-state index contributed by atoms with van der Waals surface area (Å²) in [6.07, 6.45) is -3.34. The topological polar surface area (TPSA) is 24.8 Å². The fraction of sp³-hybridized carbons (Fsp3) is 0.462. The van der Waals surface area contributed by atoms with Crippen molar-refractivity contribution in [1.29, 1.82) is 0 Å². The fourth-order valence-corrected chi connectivity index (χ4v) is 1.68. The Morgan fingerprint density at radius 1 is 1.17 bits per heavy atom. The van der Waals surface area contributed by atoms with Gasteiger partial charge in [0.05, 0.1) is 0 Å². The number of hydrogen-bond donors (Lipinski definition) is 0. The number of hydrogen-bond acceptors (Lipinski definition) is 3. The van der Waals surface area contributed by atoms with Crippen molar-refractivity contribution in [2.45, 2.75) is 25.6 Å². The van der Waals surface area contributed by atoms with E-state index in [9.17, 15) is 8.78 Å². The van der Waals surface area contributed by atoms with Crippen LogP contribution in [-0.2, 0) is 4.74 Å². The molecule has 0 N–H and O–H groups in total. The zero-order valence-corrected chi connectivity index (χ0v) is 10.9. The summed E-state index contributed by atoms with van der Waals surface area (Å²) in [5, 5.41) is 0. The second kappa shape index (κ2) is 4.02. The third-order valence-corrected chi connectivity index (χ3v) is 3.26. The highest BCUT2D eigenvalue weighted by Crippen LogP contribution is 2.41. The first kappa shape index (κ1) is 13.0. The summed E-state index contributed by atoms with van der Waals surface area (Å²) < 4.78 is 32.5. The van der Waals surface area contributed by atoms with Crippen molar-refractivity contribution in [3.63, 3.8) is 0 Å². The Morgan fingerprint density at radius 3 is 2.17 bits per heavy atom. The van der Waals surface area contributed by atoms with Crippen molar-refractivity contribution < 1.29 is 13.5 Å². The van der Waals surface area contributed by atoms with Gasteiger partial charge in [0.2, 0.25) is 11.6 Å². The molecule has 0 fully saturated rings. The molecule has 0 spiro atoms. The minimum atomic E-state index is -3.34. The van der Waals surface area contributed by atoms with Gasteiger partial charge < -0.3 is 4.74 Å². The van der Waals surface area contributed by atoms with Gasteiger partial charge in [0.15, 0.2) is 0 Å². The summed E-state index contributed by atoms with van der Waals surface area (Å²) in [7, 11) is 3.11. The number of benzene rings is 1. The van der Waals surface area contributed by atoms with E-state index in [4.69, 9.17) is 4.74 Å². The molecule has 1 aliphatic heterocycles. The van der Waals surface area contributed by atoms with E-state index in [1.54, 1.807) is 26.2 Å². The average Bonchev–Trinajstić information content (AvgIpc) is 2.52. The first-order valence-electron chi connectivity index (χ1n) is 5.67. The highest BCUT2D eigenvalue weighted by Gasteiger charge is 2.60. The first-order chi connectivity index (χ1) is 8.26. The number of alkyl halides is 2. The van der Waals surface area contributed by atoms with E-state index < -0.39 is 11.8 Å². The number of nitrogens with zero attached hydrogens (tertiary/aromatic N) is 2. The minimum Gasteiger partial charge on any atom is -0.411 e. The predicted octanol–water partition coefficient (Wildman–Crippen LogP) is 2.64. The van der Waals surface area contributed by atoms with Crippen molar-refractivity contribution in [2.24, 2.45) is 4.99 Å².